The lowest BCUT2D eigenvalue weighted by molar-refractivity contribution is -0.143. The Balaban J connectivity index is 1.21. The summed E-state index contributed by atoms with van der Waals surface area (Å²) in [7, 11) is 0. The smallest absolute Gasteiger partial charge is 0.416 e. The van der Waals surface area contributed by atoms with Crippen molar-refractivity contribution in [2.24, 2.45) is 0 Å². The average molecular weight is 654 g/mol. The highest BCUT2D eigenvalue weighted by molar-refractivity contribution is 6.13. The van der Waals surface area contributed by atoms with Gasteiger partial charge in [-0.15, -0.1) is 0 Å². The molecule has 1 aliphatic carbocycles. The molecule has 47 heavy (non-hydrogen) atoms. The fourth-order valence-electron chi connectivity index (χ4n) is 5.10. The standard InChI is InChI=1S/C36H26F7NO3/c37-29-9-8-25(33(44)19-29)16-30(45)10-5-21-1-3-22(4-2-21)20-47-31-11-12-32-24(17-31)6-7-26(34(32)46)13-23-14-27(35(38,39)40)18-28(15-23)36(41,42)43/h1-5,8-15,17-19H,6-7,16,20,44H2/b10-5+,26-13+. The van der Waals surface area contributed by atoms with Crippen molar-refractivity contribution in [3.05, 3.63) is 141 Å². The molecule has 0 heterocycles. The quantitative estimate of drug-likeness (QED) is 0.117. The molecule has 242 valence electrons. The number of hydrogen-bond acceptors (Lipinski definition) is 4. The number of nitrogens with two attached hydrogens (primary N) is 1. The predicted molar refractivity (Wildman–Crippen MR) is 163 cm³/mol. The summed E-state index contributed by atoms with van der Waals surface area (Å²) in [6.07, 6.45) is -5.33. The third-order valence-corrected chi connectivity index (χ3v) is 7.55. The number of carbonyl (C=O) groups is 2. The van der Waals surface area contributed by atoms with Crippen LogP contribution in [0.15, 0.2) is 90.5 Å². The van der Waals surface area contributed by atoms with Crippen molar-refractivity contribution in [1.82, 2.24) is 0 Å². The van der Waals surface area contributed by atoms with Gasteiger partial charge < -0.3 is 10.5 Å². The van der Waals surface area contributed by atoms with E-state index < -0.39 is 35.1 Å². The maximum atomic E-state index is 13.3. The summed E-state index contributed by atoms with van der Waals surface area (Å²) < 4.78 is 98.7. The molecule has 4 aromatic carbocycles. The van der Waals surface area contributed by atoms with Crippen molar-refractivity contribution in [3.63, 3.8) is 0 Å². The van der Waals surface area contributed by atoms with E-state index in [1.54, 1.807) is 30.3 Å². The molecule has 0 atom stereocenters. The van der Waals surface area contributed by atoms with Gasteiger partial charge in [0.1, 0.15) is 18.2 Å². The van der Waals surface area contributed by atoms with E-state index in [1.165, 1.54) is 30.3 Å². The number of carbonyl (C=O) groups excluding carboxylic acids is 2. The Kier molecular flexibility index (Phi) is 9.37. The number of aryl methyl sites for hydroxylation is 1. The van der Waals surface area contributed by atoms with Gasteiger partial charge in [-0.2, -0.15) is 26.3 Å². The van der Waals surface area contributed by atoms with Crippen molar-refractivity contribution in [1.29, 1.82) is 0 Å². The van der Waals surface area contributed by atoms with Crippen LogP contribution in [0.1, 0.15) is 55.7 Å². The Bertz CT molecular complexity index is 1860. The van der Waals surface area contributed by atoms with Crippen molar-refractivity contribution >= 4 is 29.4 Å². The van der Waals surface area contributed by atoms with Gasteiger partial charge in [-0.25, -0.2) is 4.39 Å². The fourth-order valence-corrected chi connectivity index (χ4v) is 5.10. The lowest BCUT2D eigenvalue weighted by Gasteiger charge is -2.19. The van der Waals surface area contributed by atoms with Gasteiger partial charge in [-0.05, 0) is 101 Å². The van der Waals surface area contributed by atoms with Crippen molar-refractivity contribution in [3.8, 4) is 5.75 Å². The monoisotopic (exact) mass is 653 g/mol. The zero-order chi connectivity index (χ0) is 33.9. The topological polar surface area (TPSA) is 69.4 Å². The van der Waals surface area contributed by atoms with E-state index in [9.17, 15) is 40.3 Å². The van der Waals surface area contributed by atoms with Crippen LogP contribution in [0.2, 0.25) is 0 Å². The number of halogens is 7. The van der Waals surface area contributed by atoms with Crippen LogP contribution in [0.25, 0.3) is 12.2 Å². The molecule has 4 nitrogen and oxygen atoms in total. The van der Waals surface area contributed by atoms with Gasteiger partial charge in [0, 0.05) is 23.2 Å². The van der Waals surface area contributed by atoms with E-state index in [0.29, 0.717) is 41.0 Å². The van der Waals surface area contributed by atoms with Crippen LogP contribution < -0.4 is 10.5 Å². The number of fused-ring (bicyclic) bond motifs is 1. The molecule has 0 unspecified atom stereocenters. The summed E-state index contributed by atoms with van der Waals surface area (Å²) in [5.74, 6) is -0.675. The van der Waals surface area contributed by atoms with E-state index in [0.717, 1.165) is 17.2 Å². The predicted octanol–water partition coefficient (Wildman–Crippen LogP) is 9.06. The molecular weight excluding hydrogens is 627 g/mol. The maximum absolute atomic E-state index is 13.3. The SMILES string of the molecule is Nc1cc(F)ccc1CC(=O)/C=C/c1ccc(COc2ccc3c(c2)CC/C(=C\c2cc(C(F)(F)F)cc(C(F)(F)F)c2)C3=O)cc1. The van der Waals surface area contributed by atoms with E-state index in [-0.39, 0.29) is 48.1 Å². The van der Waals surface area contributed by atoms with Crippen LogP contribution >= 0.6 is 0 Å². The number of ketones is 2. The number of allylic oxidation sites excluding steroid dienone is 2. The Morgan fingerprint density at radius 3 is 2.13 bits per heavy atom. The Morgan fingerprint density at radius 1 is 0.809 bits per heavy atom. The average Bonchev–Trinajstić information content (AvgIpc) is 3.01. The summed E-state index contributed by atoms with van der Waals surface area (Å²) >= 11 is 0. The Hall–Kier alpha value is -5.19. The second kappa shape index (κ2) is 13.3. The maximum Gasteiger partial charge on any atom is 0.416 e. The van der Waals surface area contributed by atoms with Crippen molar-refractivity contribution in [2.75, 3.05) is 5.73 Å². The molecule has 0 aromatic heterocycles. The largest absolute Gasteiger partial charge is 0.489 e. The van der Waals surface area contributed by atoms with Gasteiger partial charge in [0.25, 0.3) is 0 Å². The molecule has 0 spiro atoms. The number of nitrogen functional groups attached to an aromatic ring is 1. The normalized spacial score (nSPS) is 14.4. The summed E-state index contributed by atoms with van der Waals surface area (Å²) in [5.41, 5.74) is 5.90. The molecule has 2 N–H and O–H groups in total. The van der Waals surface area contributed by atoms with E-state index in [2.05, 4.69) is 0 Å². The summed E-state index contributed by atoms with van der Waals surface area (Å²) in [5, 5.41) is 0. The number of benzene rings is 4. The molecule has 4 aromatic rings. The van der Waals surface area contributed by atoms with Gasteiger partial charge in [0.15, 0.2) is 11.6 Å². The summed E-state index contributed by atoms with van der Waals surface area (Å²) in [6, 6.07) is 17.1. The van der Waals surface area contributed by atoms with Crippen LogP contribution in [-0.4, -0.2) is 11.6 Å². The third kappa shape index (κ3) is 8.35. The van der Waals surface area contributed by atoms with Gasteiger partial charge in [-0.1, -0.05) is 36.4 Å². The highest BCUT2D eigenvalue weighted by Gasteiger charge is 2.37. The molecule has 1 aliphatic rings. The zero-order valence-corrected chi connectivity index (χ0v) is 24.5. The van der Waals surface area contributed by atoms with Gasteiger partial charge in [-0.3, -0.25) is 9.59 Å². The van der Waals surface area contributed by atoms with Crippen LogP contribution in [0.3, 0.4) is 0 Å². The van der Waals surface area contributed by atoms with Crippen molar-refractivity contribution in [2.45, 2.75) is 38.2 Å². The molecule has 11 heteroatoms. The first kappa shape index (κ1) is 33.2. The van der Waals surface area contributed by atoms with Gasteiger partial charge in [0.2, 0.25) is 0 Å². The molecule has 0 radical (unpaired) electrons. The fraction of sp³-hybridized carbons (Fsp3) is 0.167. The third-order valence-electron chi connectivity index (χ3n) is 7.55. The van der Waals surface area contributed by atoms with Gasteiger partial charge >= 0.3 is 12.4 Å². The molecule has 0 amide bonds. The molecule has 0 fully saturated rings. The number of ether oxygens (including phenoxy) is 1. The zero-order valence-electron chi connectivity index (χ0n) is 24.5. The van der Waals surface area contributed by atoms with Gasteiger partial charge in [0.05, 0.1) is 11.1 Å². The number of hydrogen-bond donors (Lipinski definition) is 1. The minimum Gasteiger partial charge on any atom is -0.489 e. The van der Waals surface area contributed by atoms with E-state index >= 15 is 0 Å². The first-order chi connectivity index (χ1) is 22.2. The van der Waals surface area contributed by atoms with Crippen LogP contribution in [0.5, 0.6) is 5.75 Å². The number of rotatable bonds is 8. The number of Topliss-reactive ketones (excluding diaryl/α,β-unsaturated/α-hetero) is 1. The Labute approximate surface area is 265 Å². The minimum atomic E-state index is -4.99. The molecule has 0 saturated carbocycles. The summed E-state index contributed by atoms with van der Waals surface area (Å²) in [4.78, 5) is 25.4. The van der Waals surface area contributed by atoms with E-state index in [1.807, 2.05) is 12.1 Å². The van der Waals surface area contributed by atoms with Crippen LogP contribution in [0, 0.1) is 5.82 Å². The second-order valence-corrected chi connectivity index (χ2v) is 11.0. The first-order valence-corrected chi connectivity index (χ1v) is 14.3. The van der Waals surface area contributed by atoms with E-state index in [4.69, 9.17) is 10.5 Å². The highest BCUT2D eigenvalue weighted by atomic mass is 19.4. The number of alkyl halides is 6. The van der Waals surface area contributed by atoms with Crippen LogP contribution in [0.4, 0.5) is 36.4 Å². The first-order valence-electron chi connectivity index (χ1n) is 14.3. The molecule has 0 bridgehead atoms. The minimum absolute atomic E-state index is 0.0388. The van der Waals surface area contributed by atoms with Crippen molar-refractivity contribution < 1.29 is 45.1 Å². The molecule has 0 aliphatic heterocycles. The molecule has 0 saturated heterocycles. The van der Waals surface area contributed by atoms with Crippen LogP contribution in [-0.2, 0) is 36.6 Å². The lowest BCUT2D eigenvalue weighted by atomic mass is 9.85. The molecule has 5 rings (SSSR count). The lowest BCUT2D eigenvalue weighted by Crippen LogP contribution is -2.15. The Morgan fingerprint density at radius 2 is 1.49 bits per heavy atom. The second-order valence-electron chi connectivity index (χ2n) is 11.0. The summed E-state index contributed by atoms with van der Waals surface area (Å²) in [6.45, 7) is 0.196. The highest BCUT2D eigenvalue weighted by Crippen LogP contribution is 2.37. The number of anilines is 1. The molecular formula is C36H26F7NO3.